The van der Waals surface area contributed by atoms with E-state index in [0.717, 1.165) is 0 Å². The van der Waals surface area contributed by atoms with Gasteiger partial charge in [0.1, 0.15) is 9.84 Å². The van der Waals surface area contributed by atoms with E-state index in [4.69, 9.17) is 11.6 Å². The van der Waals surface area contributed by atoms with Crippen LogP contribution >= 0.6 is 11.6 Å². The van der Waals surface area contributed by atoms with Gasteiger partial charge in [0.2, 0.25) is 17.2 Å². The van der Waals surface area contributed by atoms with E-state index in [2.05, 4.69) is 20.3 Å². The zero-order chi connectivity index (χ0) is 13.9. The molecule has 9 heteroatoms. The summed E-state index contributed by atoms with van der Waals surface area (Å²) in [5.74, 6) is 0.659. The first-order valence-corrected chi connectivity index (χ1v) is 7.64. The fourth-order valence-electron chi connectivity index (χ4n) is 1.32. The van der Waals surface area contributed by atoms with Crippen LogP contribution in [-0.4, -0.2) is 55.5 Å². The predicted molar refractivity (Wildman–Crippen MR) is 72.0 cm³/mol. The molecule has 0 aliphatic rings. The Hall–Kier alpha value is -1.15. The van der Waals surface area contributed by atoms with Crippen molar-refractivity contribution in [3.05, 3.63) is 5.28 Å². The summed E-state index contributed by atoms with van der Waals surface area (Å²) in [4.78, 5) is 13.6. The maximum atomic E-state index is 11.1. The third-order valence-electron chi connectivity index (χ3n) is 1.92. The minimum absolute atomic E-state index is 0.00635. The lowest BCUT2D eigenvalue weighted by Crippen LogP contribution is -2.26. The van der Waals surface area contributed by atoms with Crippen molar-refractivity contribution in [3.63, 3.8) is 0 Å². The van der Waals surface area contributed by atoms with Crippen LogP contribution in [0.1, 0.15) is 6.92 Å². The van der Waals surface area contributed by atoms with Crippen molar-refractivity contribution in [1.82, 2.24) is 15.0 Å². The Morgan fingerprint density at radius 2 is 1.94 bits per heavy atom. The molecule has 0 aromatic carbocycles. The summed E-state index contributed by atoms with van der Waals surface area (Å²) in [6, 6.07) is -0.312. The molecule has 0 amide bonds. The average Bonchev–Trinajstić information content (AvgIpc) is 2.12. The molecule has 0 spiro atoms. The van der Waals surface area contributed by atoms with E-state index >= 15 is 0 Å². The Labute approximate surface area is 112 Å². The molecule has 1 unspecified atom stereocenters. The molecule has 0 fully saturated rings. The second kappa shape index (κ2) is 5.66. The number of rotatable bonds is 5. The summed E-state index contributed by atoms with van der Waals surface area (Å²) < 4.78 is 22.3. The Kier molecular flexibility index (Phi) is 4.69. The Bertz CT molecular complexity index is 520. The lowest BCUT2D eigenvalue weighted by atomic mass is 10.4. The Balaban J connectivity index is 2.84. The van der Waals surface area contributed by atoms with E-state index in [1.54, 1.807) is 25.9 Å². The molecule has 1 atom stereocenters. The maximum absolute atomic E-state index is 11.1. The van der Waals surface area contributed by atoms with E-state index in [9.17, 15) is 8.42 Å². The minimum Gasteiger partial charge on any atom is -0.351 e. The van der Waals surface area contributed by atoms with Crippen molar-refractivity contribution in [2.75, 3.05) is 36.3 Å². The van der Waals surface area contributed by atoms with Crippen molar-refractivity contribution in [3.8, 4) is 0 Å². The van der Waals surface area contributed by atoms with Crippen LogP contribution in [0.2, 0.25) is 5.28 Å². The number of hydrogen-bond donors (Lipinski definition) is 1. The van der Waals surface area contributed by atoms with Crippen LogP contribution in [-0.2, 0) is 9.84 Å². The van der Waals surface area contributed by atoms with Crippen molar-refractivity contribution < 1.29 is 8.42 Å². The second-order valence-electron chi connectivity index (χ2n) is 4.26. The molecule has 102 valence electrons. The molecular formula is C9H16ClN5O2S. The predicted octanol–water partition coefficient (Wildman–Crippen LogP) is 0.436. The Morgan fingerprint density at radius 1 is 1.33 bits per heavy atom. The highest BCUT2D eigenvalue weighted by Crippen LogP contribution is 2.12. The largest absolute Gasteiger partial charge is 0.351 e. The molecule has 0 saturated heterocycles. The molecule has 0 radical (unpaired) electrons. The summed E-state index contributed by atoms with van der Waals surface area (Å²) in [7, 11) is 0.489. The van der Waals surface area contributed by atoms with Gasteiger partial charge >= 0.3 is 0 Å². The van der Waals surface area contributed by atoms with Gasteiger partial charge in [-0.15, -0.1) is 0 Å². The van der Waals surface area contributed by atoms with Crippen LogP contribution in [0.5, 0.6) is 0 Å². The van der Waals surface area contributed by atoms with Gasteiger partial charge in [-0.25, -0.2) is 8.42 Å². The third kappa shape index (κ3) is 5.01. The minimum atomic E-state index is -3.06. The first kappa shape index (κ1) is 14.9. The molecule has 1 aromatic heterocycles. The van der Waals surface area contributed by atoms with Gasteiger partial charge in [-0.3, -0.25) is 0 Å². The molecule has 1 aromatic rings. The van der Waals surface area contributed by atoms with Crippen LogP contribution in [0, 0.1) is 0 Å². The number of hydrogen-bond acceptors (Lipinski definition) is 7. The molecule has 1 heterocycles. The number of halogens is 1. The first-order chi connectivity index (χ1) is 8.17. The smallest absolute Gasteiger partial charge is 0.230 e. The van der Waals surface area contributed by atoms with E-state index in [-0.39, 0.29) is 23.0 Å². The SMILES string of the molecule is CC(CS(C)(=O)=O)Nc1nc(Cl)nc(N(C)C)n1. The second-order valence-corrected chi connectivity index (χ2v) is 6.78. The lowest BCUT2D eigenvalue weighted by molar-refractivity contribution is 0.597. The molecule has 7 nitrogen and oxygen atoms in total. The van der Waals surface area contributed by atoms with Crippen molar-refractivity contribution in [1.29, 1.82) is 0 Å². The van der Waals surface area contributed by atoms with Gasteiger partial charge in [-0.2, -0.15) is 15.0 Å². The quantitative estimate of drug-likeness (QED) is 0.842. The van der Waals surface area contributed by atoms with Gasteiger partial charge in [0.05, 0.1) is 5.75 Å². The van der Waals surface area contributed by atoms with Crippen molar-refractivity contribution in [2.24, 2.45) is 0 Å². The highest BCUT2D eigenvalue weighted by Gasteiger charge is 2.13. The normalized spacial score (nSPS) is 13.2. The van der Waals surface area contributed by atoms with Gasteiger partial charge in [-0.05, 0) is 18.5 Å². The molecular weight excluding hydrogens is 278 g/mol. The standard InChI is InChI=1S/C9H16ClN5O2S/c1-6(5-18(4,16)17)11-8-12-7(10)13-9(14-8)15(2)3/h6H,5H2,1-4H3,(H,11,12,13,14). The molecule has 0 saturated carbocycles. The van der Waals surface area contributed by atoms with Crippen LogP contribution in [0.3, 0.4) is 0 Å². The number of sulfone groups is 1. The average molecular weight is 294 g/mol. The molecule has 0 aliphatic carbocycles. The van der Waals surface area contributed by atoms with Gasteiger partial charge in [-0.1, -0.05) is 0 Å². The van der Waals surface area contributed by atoms with Gasteiger partial charge in [0.15, 0.2) is 0 Å². The number of nitrogens with zero attached hydrogens (tertiary/aromatic N) is 4. The van der Waals surface area contributed by atoms with Gasteiger partial charge in [0.25, 0.3) is 0 Å². The summed E-state index contributed by atoms with van der Waals surface area (Å²) in [6.07, 6.45) is 1.18. The van der Waals surface area contributed by atoms with Gasteiger partial charge < -0.3 is 10.2 Å². The number of anilines is 2. The monoisotopic (exact) mass is 293 g/mol. The maximum Gasteiger partial charge on any atom is 0.230 e. The molecule has 1 N–H and O–H groups in total. The van der Waals surface area contributed by atoms with Crippen LogP contribution in [0.25, 0.3) is 0 Å². The van der Waals surface area contributed by atoms with Crippen molar-refractivity contribution >= 4 is 33.3 Å². The fraction of sp³-hybridized carbons (Fsp3) is 0.667. The van der Waals surface area contributed by atoms with E-state index in [0.29, 0.717) is 5.95 Å². The van der Waals surface area contributed by atoms with Crippen LogP contribution < -0.4 is 10.2 Å². The highest BCUT2D eigenvalue weighted by molar-refractivity contribution is 7.90. The molecule has 18 heavy (non-hydrogen) atoms. The van der Waals surface area contributed by atoms with Crippen LogP contribution in [0.4, 0.5) is 11.9 Å². The highest BCUT2D eigenvalue weighted by atomic mass is 35.5. The van der Waals surface area contributed by atoms with E-state index < -0.39 is 9.84 Å². The number of nitrogens with one attached hydrogen (secondary N) is 1. The third-order valence-corrected chi connectivity index (χ3v) is 3.20. The molecule has 0 bridgehead atoms. The lowest BCUT2D eigenvalue weighted by Gasteiger charge is -2.15. The molecule has 1 rings (SSSR count). The first-order valence-electron chi connectivity index (χ1n) is 5.20. The van der Waals surface area contributed by atoms with Gasteiger partial charge in [0, 0.05) is 26.4 Å². The summed E-state index contributed by atoms with van der Waals surface area (Å²) >= 11 is 5.76. The summed E-state index contributed by atoms with van der Waals surface area (Å²) in [5.41, 5.74) is 0. The van der Waals surface area contributed by atoms with E-state index in [1.807, 2.05) is 0 Å². The molecule has 0 aliphatic heterocycles. The topological polar surface area (TPSA) is 88.1 Å². The van der Waals surface area contributed by atoms with Crippen LogP contribution in [0.15, 0.2) is 0 Å². The van der Waals surface area contributed by atoms with E-state index in [1.165, 1.54) is 6.26 Å². The zero-order valence-corrected chi connectivity index (χ0v) is 12.2. The summed E-state index contributed by atoms with van der Waals surface area (Å²) in [5, 5.41) is 2.94. The Morgan fingerprint density at radius 3 is 2.44 bits per heavy atom. The fourth-order valence-corrected chi connectivity index (χ4v) is 2.47. The zero-order valence-electron chi connectivity index (χ0n) is 10.7. The van der Waals surface area contributed by atoms with Crippen molar-refractivity contribution in [2.45, 2.75) is 13.0 Å². The summed E-state index contributed by atoms with van der Waals surface area (Å²) in [6.45, 7) is 1.73. The number of aromatic nitrogens is 3.